The fourth-order valence-electron chi connectivity index (χ4n) is 2.07. The molecule has 2 aromatic rings. The molecule has 0 aliphatic rings. The van der Waals surface area contributed by atoms with Gasteiger partial charge in [0.05, 0.1) is 22.8 Å². The molecule has 138 valence electrons. The Kier molecular flexibility index (Phi) is 5.44. The molecule has 0 bridgehead atoms. The van der Waals surface area contributed by atoms with Crippen LogP contribution >= 0.6 is 0 Å². The van der Waals surface area contributed by atoms with E-state index in [0.717, 1.165) is 24.3 Å². The maximum atomic E-state index is 13.3. The molecule has 2 rings (SSSR count). The van der Waals surface area contributed by atoms with Crippen molar-refractivity contribution < 1.29 is 32.0 Å². The quantitative estimate of drug-likeness (QED) is 0.479. The lowest BCUT2D eigenvalue weighted by Crippen LogP contribution is -2.15. The molecular formula is C16H12F4N2O4. The standard InChI is InChI=1S/C16H12F4N2O4/c1-2-26-14-6-4-10(16(18,19)20)8-12(14)21-15(23)9-3-5-11(17)13(7-9)22(24)25/h3-8H,2H2,1H3,(H,21,23). The van der Waals surface area contributed by atoms with Gasteiger partial charge in [-0.2, -0.15) is 17.6 Å². The first-order valence-corrected chi connectivity index (χ1v) is 7.22. The van der Waals surface area contributed by atoms with Crippen LogP contribution in [0.4, 0.5) is 28.9 Å². The summed E-state index contributed by atoms with van der Waals surface area (Å²) in [6.07, 6.45) is -4.64. The molecule has 0 unspecified atom stereocenters. The number of halogens is 4. The second-order valence-corrected chi connectivity index (χ2v) is 5.02. The number of rotatable bonds is 5. The van der Waals surface area contributed by atoms with Crippen LogP contribution in [0.1, 0.15) is 22.8 Å². The van der Waals surface area contributed by atoms with E-state index in [9.17, 15) is 32.5 Å². The molecule has 26 heavy (non-hydrogen) atoms. The largest absolute Gasteiger partial charge is 0.492 e. The molecule has 0 aliphatic heterocycles. The minimum atomic E-state index is -4.64. The SMILES string of the molecule is CCOc1ccc(C(F)(F)F)cc1NC(=O)c1ccc(F)c([N+](=O)[O-])c1. The minimum absolute atomic E-state index is 0.00883. The number of nitrogens with zero attached hydrogens (tertiary/aromatic N) is 1. The Morgan fingerprint density at radius 2 is 1.92 bits per heavy atom. The van der Waals surface area contributed by atoms with E-state index in [1.165, 1.54) is 0 Å². The third-order valence-corrected chi connectivity index (χ3v) is 3.26. The molecule has 1 N–H and O–H groups in total. The summed E-state index contributed by atoms with van der Waals surface area (Å²) in [5.41, 5.74) is -2.50. The Bertz CT molecular complexity index is 853. The molecule has 0 spiro atoms. The van der Waals surface area contributed by atoms with E-state index >= 15 is 0 Å². The maximum absolute atomic E-state index is 13.3. The van der Waals surface area contributed by atoms with Crippen LogP contribution in [-0.4, -0.2) is 17.4 Å². The summed E-state index contributed by atoms with van der Waals surface area (Å²) in [6.45, 7) is 1.74. The van der Waals surface area contributed by atoms with Gasteiger partial charge in [-0.15, -0.1) is 0 Å². The van der Waals surface area contributed by atoms with Crippen molar-refractivity contribution in [2.24, 2.45) is 0 Å². The summed E-state index contributed by atoms with van der Waals surface area (Å²) < 4.78 is 57.1. The van der Waals surface area contributed by atoms with Gasteiger partial charge in [0, 0.05) is 11.6 Å². The predicted octanol–water partition coefficient (Wildman–Crippen LogP) is 4.40. The van der Waals surface area contributed by atoms with Crippen LogP contribution < -0.4 is 10.1 Å². The zero-order valence-corrected chi connectivity index (χ0v) is 13.3. The molecule has 10 heteroatoms. The van der Waals surface area contributed by atoms with E-state index in [0.29, 0.717) is 12.1 Å². The third kappa shape index (κ3) is 4.26. The first-order chi connectivity index (χ1) is 12.1. The number of ether oxygens (including phenoxy) is 1. The Morgan fingerprint density at radius 1 is 1.23 bits per heavy atom. The van der Waals surface area contributed by atoms with E-state index < -0.39 is 34.1 Å². The van der Waals surface area contributed by atoms with Crippen LogP contribution in [0.3, 0.4) is 0 Å². The van der Waals surface area contributed by atoms with Crippen molar-refractivity contribution in [2.75, 3.05) is 11.9 Å². The van der Waals surface area contributed by atoms with Gasteiger partial charge in [0.1, 0.15) is 5.75 Å². The smallest absolute Gasteiger partial charge is 0.416 e. The number of nitro benzene ring substituents is 1. The summed E-state index contributed by atoms with van der Waals surface area (Å²) in [5.74, 6) is -2.10. The molecule has 0 saturated carbocycles. The Morgan fingerprint density at radius 3 is 2.50 bits per heavy atom. The molecule has 0 heterocycles. The van der Waals surface area contributed by atoms with Crippen molar-refractivity contribution in [1.82, 2.24) is 0 Å². The molecule has 0 atom stereocenters. The number of carbonyl (C=O) groups excluding carboxylic acids is 1. The highest BCUT2D eigenvalue weighted by atomic mass is 19.4. The second kappa shape index (κ2) is 7.38. The maximum Gasteiger partial charge on any atom is 0.416 e. The molecule has 0 aromatic heterocycles. The summed E-state index contributed by atoms with van der Waals surface area (Å²) in [7, 11) is 0. The number of nitrogens with one attached hydrogen (secondary N) is 1. The van der Waals surface area contributed by atoms with Gasteiger partial charge in [-0.25, -0.2) is 0 Å². The molecule has 0 aliphatic carbocycles. The van der Waals surface area contributed by atoms with Crippen LogP contribution in [0, 0.1) is 15.9 Å². The summed E-state index contributed by atoms with van der Waals surface area (Å²) in [6, 6.07) is 4.92. The number of nitro groups is 1. The average molecular weight is 372 g/mol. The lowest BCUT2D eigenvalue weighted by Gasteiger charge is -2.14. The zero-order valence-electron chi connectivity index (χ0n) is 13.3. The van der Waals surface area contributed by atoms with Gasteiger partial charge in [0.25, 0.3) is 5.91 Å². The van der Waals surface area contributed by atoms with Crippen molar-refractivity contribution in [1.29, 1.82) is 0 Å². The van der Waals surface area contributed by atoms with E-state index in [1.54, 1.807) is 6.92 Å². The van der Waals surface area contributed by atoms with E-state index in [2.05, 4.69) is 5.32 Å². The number of hydrogen-bond donors (Lipinski definition) is 1. The van der Waals surface area contributed by atoms with E-state index in [-0.39, 0.29) is 23.6 Å². The normalized spacial score (nSPS) is 11.1. The first-order valence-electron chi connectivity index (χ1n) is 7.22. The molecule has 0 saturated heterocycles. The summed E-state index contributed by atoms with van der Waals surface area (Å²) >= 11 is 0. The number of carbonyl (C=O) groups is 1. The number of benzene rings is 2. The lowest BCUT2D eigenvalue weighted by atomic mass is 10.1. The van der Waals surface area contributed by atoms with Crippen LogP contribution in [0.25, 0.3) is 0 Å². The number of alkyl halides is 3. The molecular weight excluding hydrogens is 360 g/mol. The Balaban J connectivity index is 2.38. The number of anilines is 1. The number of hydrogen-bond acceptors (Lipinski definition) is 4. The monoisotopic (exact) mass is 372 g/mol. The topological polar surface area (TPSA) is 81.5 Å². The third-order valence-electron chi connectivity index (χ3n) is 3.26. The van der Waals surface area contributed by atoms with Crippen molar-refractivity contribution in [3.63, 3.8) is 0 Å². The highest BCUT2D eigenvalue weighted by molar-refractivity contribution is 6.05. The zero-order chi connectivity index (χ0) is 19.5. The van der Waals surface area contributed by atoms with Crippen LogP contribution in [-0.2, 0) is 6.18 Å². The van der Waals surface area contributed by atoms with Gasteiger partial charge >= 0.3 is 11.9 Å². The lowest BCUT2D eigenvalue weighted by molar-refractivity contribution is -0.387. The van der Waals surface area contributed by atoms with Gasteiger partial charge in [0.2, 0.25) is 5.82 Å². The van der Waals surface area contributed by atoms with Crippen molar-refractivity contribution in [3.8, 4) is 5.75 Å². The molecule has 6 nitrogen and oxygen atoms in total. The van der Waals surface area contributed by atoms with Gasteiger partial charge in [-0.3, -0.25) is 14.9 Å². The summed E-state index contributed by atoms with van der Waals surface area (Å²) in [4.78, 5) is 22.0. The highest BCUT2D eigenvalue weighted by Gasteiger charge is 2.31. The van der Waals surface area contributed by atoms with Crippen LogP contribution in [0.5, 0.6) is 5.75 Å². The van der Waals surface area contributed by atoms with Crippen molar-refractivity contribution in [3.05, 3.63) is 63.5 Å². The van der Waals surface area contributed by atoms with E-state index in [1.807, 2.05) is 0 Å². The minimum Gasteiger partial charge on any atom is -0.492 e. The second-order valence-electron chi connectivity index (χ2n) is 5.02. The average Bonchev–Trinajstić information content (AvgIpc) is 2.55. The Labute approximate surface area is 144 Å². The van der Waals surface area contributed by atoms with Gasteiger partial charge in [-0.1, -0.05) is 0 Å². The van der Waals surface area contributed by atoms with Crippen molar-refractivity contribution in [2.45, 2.75) is 13.1 Å². The van der Waals surface area contributed by atoms with Gasteiger partial charge in [0.15, 0.2) is 0 Å². The fourth-order valence-corrected chi connectivity index (χ4v) is 2.07. The first kappa shape index (κ1) is 19.2. The highest BCUT2D eigenvalue weighted by Crippen LogP contribution is 2.35. The van der Waals surface area contributed by atoms with Crippen LogP contribution in [0.2, 0.25) is 0 Å². The predicted molar refractivity (Wildman–Crippen MR) is 83.6 cm³/mol. The molecule has 0 radical (unpaired) electrons. The van der Waals surface area contributed by atoms with Crippen LogP contribution in [0.15, 0.2) is 36.4 Å². The Hall–Kier alpha value is -3.17. The molecule has 1 amide bonds. The van der Waals surface area contributed by atoms with E-state index in [4.69, 9.17) is 4.74 Å². The van der Waals surface area contributed by atoms with Crippen molar-refractivity contribution >= 4 is 17.3 Å². The fraction of sp³-hybridized carbons (Fsp3) is 0.188. The van der Waals surface area contributed by atoms with Gasteiger partial charge in [-0.05, 0) is 37.3 Å². The van der Waals surface area contributed by atoms with Gasteiger partial charge < -0.3 is 10.1 Å². The molecule has 2 aromatic carbocycles. The number of amides is 1. The molecule has 0 fully saturated rings. The summed E-state index contributed by atoms with van der Waals surface area (Å²) in [5, 5.41) is 12.9.